The van der Waals surface area contributed by atoms with Gasteiger partial charge in [0.2, 0.25) is 5.95 Å². The molecule has 2 aromatic heterocycles. The predicted molar refractivity (Wildman–Crippen MR) is 75.9 cm³/mol. The molecule has 0 radical (unpaired) electrons. The zero-order valence-corrected chi connectivity index (χ0v) is 11.7. The van der Waals surface area contributed by atoms with Crippen molar-refractivity contribution in [3.8, 4) is 0 Å². The molecule has 1 fully saturated rings. The Kier molecular flexibility index (Phi) is 2.62. The smallest absolute Gasteiger partial charge is 0.224 e. The number of aryl methyl sites for hydroxylation is 1. The van der Waals surface area contributed by atoms with Crippen LogP contribution >= 0.6 is 0 Å². The van der Waals surface area contributed by atoms with Crippen molar-refractivity contribution in [2.24, 2.45) is 12.5 Å². The molecule has 1 aliphatic heterocycles. The molecule has 0 aliphatic carbocycles. The van der Waals surface area contributed by atoms with Crippen molar-refractivity contribution in [2.45, 2.75) is 26.7 Å². The number of aromatic nitrogens is 4. The molecule has 0 atom stereocenters. The molecule has 2 N–H and O–H groups in total. The standard InChI is InChI=1S/C13H20N6/c1-13(2)5-4-6-19(8-13)11-9-7-15-18(3)10(9)16-12(14)17-11/h7H,4-6,8H2,1-3H3,(H2,14,16,17). The molecule has 0 spiro atoms. The van der Waals surface area contributed by atoms with E-state index in [9.17, 15) is 0 Å². The van der Waals surface area contributed by atoms with Gasteiger partial charge in [0.15, 0.2) is 5.65 Å². The molecule has 2 aromatic rings. The summed E-state index contributed by atoms with van der Waals surface area (Å²) in [5.41, 5.74) is 6.95. The fraction of sp³-hybridized carbons (Fsp3) is 0.615. The highest BCUT2D eigenvalue weighted by Gasteiger charge is 2.28. The molecule has 0 aromatic carbocycles. The summed E-state index contributed by atoms with van der Waals surface area (Å²) in [6.45, 7) is 6.60. The maximum atomic E-state index is 5.84. The van der Waals surface area contributed by atoms with E-state index in [2.05, 4.69) is 33.8 Å². The van der Waals surface area contributed by atoms with Crippen LogP contribution in [-0.4, -0.2) is 32.8 Å². The van der Waals surface area contributed by atoms with Gasteiger partial charge in [0.25, 0.3) is 0 Å². The van der Waals surface area contributed by atoms with Crippen LogP contribution in [-0.2, 0) is 7.05 Å². The summed E-state index contributed by atoms with van der Waals surface area (Å²) in [6.07, 6.45) is 4.25. The number of fused-ring (bicyclic) bond motifs is 1. The minimum atomic E-state index is 0.312. The van der Waals surface area contributed by atoms with Crippen molar-refractivity contribution in [3.05, 3.63) is 6.20 Å². The molecular formula is C13H20N6. The first-order chi connectivity index (χ1) is 8.96. The molecule has 19 heavy (non-hydrogen) atoms. The summed E-state index contributed by atoms with van der Waals surface area (Å²) in [6, 6.07) is 0. The van der Waals surface area contributed by atoms with Crippen molar-refractivity contribution in [1.29, 1.82) is 0 Å². The second kappa shape index (κ2) is 4.08. The fourth-order valence-corrected chi connectivity index (χ4v) is 2.87. The average Bonchev–Trinajstić information content (AvgIpc) is 2.69. The van der Waals surface area contributed by atoms with E-state index in [0.717, 1.165) is 29.9 Å². The highest BCUT2D eigenvalue weighted by molar-refractivity contribution is 5.87. The first-order valence-electron chi connectivity index (χ1n) is 6.66. The van der Waals surface area contributed by atoms with E-state index in [-0.39, 0.29) is 0 Å². The molecule has 102 valence electrons. The maximum absolute atomic E-state index is 5.84. The van der Waals surface area contributed by atoms with Gasteiger partial charge in [0.1, 0.15) is 5.82 Å². The van der Waals surface area contributed by atoms with Crippen LogP contribution in [0.15, 0.2) is 6.20 Å². The molecular weight excluding hydrogens is 240 g/mol. The Labute approximate surface area is 112 Å². The first kappa shape index (κ1) is 12.2. The summed E-state index contributed by atoms with van der Waals surface area (Å²) in [5, 5.41) is 5.24. The van der Waals surface area contributed by atoms with E-state index in [1.807, 2.05) is 13.2 Å². The largest absolute Gasteiger partial charge is 0.368 e. The third-order valence-electron chi connectivity index (χ3n) is 3.79. The van der Waals surface area contributed by atoms with Crippen LogP contribution in [0.2, 0.25) is 0 Å². The highest BCUT2D eigenvalue weighted by atomic mass is 15.3. The Morgan fingerprint density at radius 3 is 2.84 bits per heavy atom. The maximum Gasteiger partial charge on any atom is 0.224 e. The third kappa shape index (κ3) is 2.11. The summed E-state index contributed by atoms with van der Waals surface area (Å²) in [5.74, 6) is 1.23. The van der Waals surface area contributed by atoms with Gasteiger partial charge in [-0.05, 0) is 18.3 Å². The zero-order chi connectivity index (χ0) is 13.6. The summed E-state index contributed by atoms with van der Waals surface area (Å²) >= 11 is 0. The number of hydrogen-bond donors (Lipinski definition) is 1. The number of piperidine rings is 1. The van der Waals surface area contributed by atoms with Crippen LogP contribution in [0, 0.1) is 5.41 Å². The molecule has 6 nitrogen and oxygen atoms in total. The molecule has 0 bridgehead atoms. The van der Waals surface area contributed by atoms with E-state index >= 15 is 0 Å². The van der Waals surface area contributed by atoms with Crippen LogP contribution in [0.5, 0.6) is 0 Å². The average molecular weight is 260 g/mol. The predicted octanol–water partition coefficient (Wildman–Crippen LogP) is 1.57. The second-order valence-electron chi connectivity index (χ2n) is 6.10. The van der Waals surface area contributed by atoms with Gasteiger partial charge in [-0.3, -0.25) is 4.68 Å². The van der Waals surface area contributed by atoms with Gasteiger partial charge in [0.05, 0.1) is 11.6 Å². The lowest BCUT2D eigenvalue weighted by Gasteiger charge is -2.38. The molecule has 0 unspecified atom stereocenters. The topological polar surface area (TPSA) is 72.9 Å². The number of nitrogen functional groups attached to an aromatic ring is 1. The Bertz CT molecular complexity index is 615. The van der Waals surface area contributed by atoms with E-state index in [4.69, 9.17) is 5.73 Å². The quantitative estimate of drug-likeness (QED) is 0.842. The number of anilines is 2. The van der Waals surface area contributed by atoms with Crippen molar-refractivity contribution < 1.29 is 0 Å². The first-order valence-corrected chi connectivity index (χ1v) is 6.66. The van der Waals surface area contributed by atoms with Crippen molar-refractivity contribution in [2.75, 3.05) is 23.7 Å². The van der Waals surface area contributed by atoms with Gasteiger partial charge in [-0.2, -0.15) is 15.1 Å². The fourth-order valence-electron chi connectivity index (χ4n) is 2.87. The van der Waals surface area contributed by atoms with Gasteiger partial charge in [-0.25, -0.2) is 0 Å². The molecule has 0 amide bonds. The molecule has 1 aliphatic rings. The minimum Gasteiger partial charge on any atom is -0.368 e. The van der Waals surface area contributed by atoms with E-state index < -0.39 is 0 Å². The minimum absolute atomic E-state index is 0.312. The lowest BCUT2D eigenvalue weighted by molar-refractivity contribution is 0.292. The van der Waals surface area contributed by atoms with Gasteiger partial charge in [-0.15, -0.1) is 0 Å². The van der Waals surface area contributed by atoms with Crippen molar-refractivity contribution in [3.63, 3.8) is 0 Å². The Hall–Kier alpha value is -1.85. The van der Waals surface area contributed by atoms with Crippen LogP contribution < -0.4 is 10.6 Å². The van der Waals surface area contributed by atoms with Gasteiger partial charge >= 0.3 is 0 Å². The number of hydrogen-bond acceptors (Lipinski definition) is 5. The molecule has 3 rings (SSSR count). The highest BCUT2D eigenvalue weighted by Crippen LogP contribution is 2.33. The monoisotopic (exact) mass is 260 g/mol. The summed E-state index contributed by atoms with van der Waals surface area (Å²) in [4.78, 5) is 11.0. The Morgan fingerprint density at radius 1 is 1.32 bits per heavy atom. The van der Waals surface area contributed by atoms with Crippen molar-refractivity contribution in [1.82, 2.24) is 19.7 Å². The summed E-state index contributed by atoms with van der Waals surface area (Å²) < 4.78 is 1.74. The van der Waals surface area contributed by atoms with Crippen LogP contribution in [0.4, 0.5) is 11.8 Å². The van der Waals surface area contributed by atoms with Crippen LogP contribution in [0.1, 0.15) is 26.7 Å². The Morgan fingerprint density at radius 2 is 2.11 bits per heavy atom. The zero-order valence-electron chi connectivity index (χ0n) is 11.7. The lowest BCUT2D eigenvalue weighted by Crippen LogP contribution is -2.40. The Balaban J connectivity index is 2.09. The number of rotatable bonds is 1. The molecule has 3 heterocycles. The van der Waals surface area contributed by atoms with Gasteiger partial charge < -0.3 is 10.6 Å². The lowest BCUT2D eigenvalue weighted by atomic mass is 9.84. The van der Waals surface area contributed by atoms with Gasteiger partial charge in [-0.1, -0.05) is 13.8 Å². The molecule has 1 saturated heterocycles. The van der Waals surface area contributed by atoms with Gasteiger partial charge in [0, 0.05) is 20.1 Å². The van der Waals surface area contributed by atoms with Crippen molar-refractivity contribution >= 4 is 22.8 Å². The normalized spacial score (nSPS) is 19.0. The van der Waals surface area contributed by atoms with E-state index in [1.165, 1.54) is 12.8 Å². The summed E-state index contributed by atoms with van der Waals surface area (Å²) in [7, 11) is 1.87. The second-order valence-corrected chi connectivity index (χ2v) is 6.10. The SMILES string of the molecule is Cn1ncc2c(N3CCCC(C)(C)C3)nc(N)nc21. The molecule has 6 heteroatoms. The molecule has 0 saturated carbocycles. The van der Waals surface area contributed by atoms with E-state index in [0.29, 0.717) is 11.4 Å². The van der Waals surface area contributed by atoms with E-state index in [1.54, 1.807) is 4.68 Å². The van der Waals surface area contributed by atoms with Crippen LogP contribution in [0.3, 0.4) is 0 Å². The van der Waals surface area contributed by atoms with Crippen LogP contribution in [0.25, 0.3) is 11.0 Å². The number of nitrogens with two attached hydrogens (primary N) is 1. The third-order valence-corrected chi connectivity index (χ3v) is 3.79. The number of nitrogens with zero attached hydrogens (tertiary/aromatic N) is 5.